The summed E-state index contributed by atoms with van der Waals surface area (Å²) in [5.41, 5.74) is 0.336. The van der Waals surface area contributed by atoms with Crippen LogP contribution < -0.4 is 4.57 Å². The van der Waals surface area contributed by atoms with Crippen LogP contribution in [0.5, 0.6) is 5.75 Å². The van der Waals surface area contributed by atoms with Gasteiger partial charge in [-0.05, 0) is 24.6 Å². The fourth-order valence-corrected chi connectivity index (χ4v) is 2.51. The van der Waals surface area contributed by atoms with Gasteiger partial charge in [-0.2, -0.15) is 0 Å². The molecule has 22 heavy (non-hydrogen) atoms. The molecule has 0 saturated carbocycles. The Balaban J connectivity index is 0.000000224. The molecular weight excluding hydrogens is 302 g/mol. The molecule has 0 fully saturated rings. The first-order valence-corrected chi connectivity index (χ1v) is 8.45. The first kappa shape index (κ1) is 18.1. The molecule has 5 nitrogen and oxygen atoms in total. The number of aromatic nitrogens is 1. The van der Waals surface area contributed by atoms with Crippen molar-refractivity contribution in [2.45, 2.75) is 38.1 Å². The summed E-state index contributed by atoms with van der Waals surface area (Å²) in [6, 6.07) is 9.82. The van der Waals surface area contributed by atoms with Crippen LogP contribution in [0, 0.1) is 6.92 Å². The number of unbranched alkanes of at least 4 members (excludes halogenated alkanes) is 1. The van der Waals surface area contributed by atoms with Crippen LogP contribution in [0.2, 0.25) is 0 Å². The number of nitrogens with zero attached hydrogens (tertiary/aromatic N) is 1. The topological polar surface area (TPSA) is 81.3 Å². The Hall–Kier alpha value is -1.92. The largest absolute Gasteiger partial charge is 0.744 e. The lowest BCUT2D eigenvalue weighted by molar-refractivity contribution is -0.697. The summed E-state index contributed by atoms with van der Waals surface area (Å²) in [7, 11) is -4.47. The smallest absolute Gasteiger partial charge is 0.168 e. The molecule has 0 saturated heterocycles. The van der Waals surface area contributed by atoms with E-state index >= 15 is 0 Å². The molecule has 6 heteroatoms. The fourth-order valence-electron chi connectivity index (χ4n) is 1.78. The van der Waals surface area contributed by atoms with Gasteiger partial charge in [0.2, 0.25) is 0 Å². The molecule has 0 spiro atoms. The maximum absolute atomic E-state index is 10.5. The summed E-state index contributed by atoms with van der Waals surface area (Å²) >= 11 is 0. The highest BCUT2D eigenvalue weighted by Crippen LogP contribution is 2.19. The predicted octanol–water partition coefficient (Wildman–Crippen LogP) is 2.38. The summed E-state index contributed by atoms with van der Waals surface area (Å²) in [4.78, 5) is -0.373. The van der Waals surface area contributed by atoms with Crippen molar-refractivity contribution in [2.24, 2.45) is 0 Å². The molecule has 0 atom stereocenters. The van der Waals surface area contributed by atoms with E-state index in [1.54, 1.807) is 0 Å². The predicted molar refractivity (Wildman–Crippen MR) is 82.4 cm³/mol. The first-order chi connectivity index (χ1) is 10.3. The minimum Gasteiger partial charge on any atom is -0.744 e. The van der Waals surface area contributed by atoms with Crippen molar-refractivity contribution in [1.82, 2.24) is 0 Å². The van der Waals surface area contributed by atoms with Crippen LogP contribution in [0.15, 0.2) is 53.7 Å². The van der Waals surface area contributed by atoms with Gasteiger partial charge in [0.05, 0.1) is 4.90 Å². The van der Waals surface area contributed by atoms with Crippen molar-refractivity contribution in [3.05, 3.63) is 54.4 Å². The second-order valence-corrected chi connectivity index (χ2v) is 6.22. The summed E-state index contributed by atoms with van der Waals surface area (Å²) in [5.74, 6) is -0.227. The van der Waals surface area contributed by atoms with E-state index in [0.29, 0.717) is 5.56 Å². The van der Waals surface area contributed by atoms with Crippen molar-refractivity contribution < 1.29 is 22.6 Å². The standard InChI is InChI=1S/C9H14N.C7H8O4S/c1-2-3-7-10-8-5-4-6-9-10;1-5-2-3-6(8)4-7(5)12(9,10)11/h4-6,8-9H,2-3,7H2,1H3;2-4,8H,1H3,(H,9,10,11)/q+1;/p-1. The molecule has 2 rings (SSSR count). The van der Waals surface area contributed by atoms with E-state index in [4.69, 9.17) is 5.11 Å². The highest BCUT2D eigenvalue weighted by atomic mass is 32.2. The van der Waals surface area contributed by atoms with Crippen molar-refractivity contribution in [2.75, 3.05) is 0 Å². The normalized spacial score (nSPS) is 10.7. The SMILES string of the molecule is CCCC[n+]1ccccc1.Cc1ccc(O)cc1S(=O)(=O)[O-]. The van der Waals surface area contributed by atoms with E-state index in [2.05, 4.69) is 36.0 Å². The first-order valence-electron chi connectivity index (χ1n) is 7.04. The van der Waals surface area contributed by atoms with Gasteiger partial charge >= 0.3 is 0 Å². The summed E-state index contributed by atoms with van der Waals surface area (Å²) in [6.45, 7) is 4.85. The Morgan fingerprint density at radius 1 is 1.18 bits per heavy atom. The number of phenolic OH excluding ortho intramolecular Hbond substituents is 1. The molecule has 1 aromatic carbocycles. The Bertz CT molecular complexity index is 685. The average molecular weight is 323 g/mol. The molecule has 120 valence electrons. The Labute approximate surface area is 131 Å². The van der Waals surface area contributed by atoms with Crippen LogP contribution in [-0.4, -0.2) is 18.1 Å². The monoisotopic (exact) mass is 323 g/mol. The number of phenols is 1. The van der Waals surface area contributed by atoms with Crippen LogP contribution in [0.4, 0.5) is 0 Å². The molecule has 0 aliphatic heterocycles. The lowest BCUT2D eigenvalue weighted by Crippen LogP contribution is -2.31. The minimum atomic E-state index is -4.47. The zero-order chi connectivity index (χ0) is 16.6. The lowest BCUT2D eigenvalue weighted by Gasteiger charge is -2.09. The second kappa shape index (κ2) is 8.51. The molecule has 0 bridgehead atoms. The maximum atomic E-state index is 10.5. The van der Waals surface area contributed by atoms with Gasteiger partial charge in [-0.25, -0.2) is 13.0 Å². The highest BCUT2D eigenvalue weighted by molar-refractivity contribution is 7.85. The van der Waals surface area contributed by atoms with Crippen LogP contribution >= 0.6 is 0 Å². The molecule has 0 aliphatic rings. The number of aryl methyl sites for hydroxylation is 2. The number of rotatable bonds is 4. The number of hydrogen-bond acceptors (Lipinski definition) is 4. The van der Waals surface area contributed by atoms with Gasteiger partial charge in [-0.3, -0.25) is 0 Å². The minimum absolute atomic E-state index is 0.227. The number of benzene rings is 1. The van der Waals surface area contributed by atoms with Crippen molar-refractivity contribution >= 4 is 10.1 Å². The quantitative estimate of drug-likeness (QED) is 0.692. The van der Waals surface area contributed by atoms with E-state index < -0.39 is 10.1 Å². The van der Waals surface area contributed by atoms with Crippen LogP contribution in [0.25, 0.3) is 0 Å². The van der Waals surface area contributed by atoms with Gasteiger partial charge in [0.1, 0.15) is 22.4 Å². The van der Waals surface area contributed by atoms with E-state index in [0.717, 1.165) is 12.6 Å². The summed E-state index contributed by atoms with van der Waals surface area (Å²) in [6.07, 6.45) is 6.75. The Kier molecular flexibility index (Phi) is 7.01. The number of hydrogen-bond donors (Lipinski definition) is 1. The molecule has 0 unspecified atom stereocenters. The van der Waals surface area contributed by atoms with E-state index in [1.165, 1.54) is 31.9 Å². The molecule has 0 aliphatic carbocycles. The van der Waals surface area contributed by atoms with Crippen molar-refractivity contribution in [3.8, 4) is 5.75 Å². The van der Waals surface area contributed by atoms with Gasteiger partial charge in [-0.1, -0.05) is 25.5 Å². The average Bonchev–Trinajstić information content (AvgIpc) is 2.48. The summed E-state index contributed by atoms with van der Waals surface area (Å²) in [5, 5.41) is 8.90. The fraction of sp³-hybridized carbons (Fsp3) is 0.312. The van der Waals surface area contributed by atoms with Crippen LogP contribution in [-0.2, 0) is 16.7 Å². The number of pyridine rings is 1. The molecule has 2 aromatic rings. The van der Waals surface area contributed by atoms with E-state index in [1.807, 2.05) is 6.07 Å². The maximum Gasteiger partial charge on any atom is 0.168 e. The third kappa shape index (κ3) is 6.24. The summed E-state index contributed by atoms with van der Waals surface area (Å²) < 4.78 is 33.8. The Morgan fingerprint density at radius 2 is 1.82 bits per heavy atom. The molecular formula is C16H21NO4S. The lowest BCUT2D eigenvalue weighted by atomic mass is 10.2. The van der Waals surface area contributed by atoms with Gasteiger partial charge in [0.15, 0.2) is 12.4 Å². The van der Waals surface area contributed by atoms with Crippen LogP contribution in [0.1, 0.15) is 25.3 Å². The van der Waals surface area contributed by atoms with E-state index in [-0.39, 0.29) is 10.6 Å². The van der Waals surface area contributed by atoms with Gasteiger partial charge in [-0.15, -0.1) is 0 Å². The van der Waals surface area contributed by atoms with Gasteiger partial charge < -0.3 is 9.66 Å². The molecule has 1 aromatic heterocycles. The van der Waals surface area contributed by atoms with Gasteiger partial charge in [0, 0.05) is 18.6 Å². The van der Waals surface area contributed by atoms with Crippen molar-refractivity contribution in [1.29, 1.82) is 0 Å². The zero-order valence-corrected chi connectivity index (χ0v) is 13.6. The zero-order valence-electron chi connectivity index (χ0n) is 12.8. The van der Waals surface area contributed by atoms with Crippen LogP contribution in [0.3, 0.4) is 0 Å². The van der Waals surface area contributed by atoms with Crippen molar-refractivity contribution in [3.63, 3.8) is 0 Å². The molecule has 0 amide bonds. The number of aromatic hydroxyl groups is 1. The Morgan fingerprint density at radius 3 is 2.32 bits per heavy atom. The molecule has 1 heterocycles. The molecule has 1 N–H and O–H groups in total. The van der Waals surface area contributed by atoms with Gasteiger partial charge in [0.25, 0.3) is 0 Å². The second-order valence-electron chi connectivity index (χ2n) is 4.87. The van der Waals surface area contributed by atoms with E-state index in [9.17, 15) is 13.0 Å². The molecule has 0 radical (unpaired) electrons. The third-order valence-corrected chi connectivity index (χ3v) is 3.97. The third-order valence-electron chi connectivity index (χ3n) is 2.99. The highest BCUT2D eigenvalue weighted by Gasteiger charge is 2.05.